The number of nitrogens with one attached hydrogen (secondary N) is 2. The van der Waals surface area contributed by atoms with Gasteiger partial charge < -0.3 is 16.4 Å². The summed E-state index contributed by atoms with van der Waals surface area (Å²) in [5.41, 5.74) is 6.62. The summed E-state index contributed by atoms with van der Waals surface area (Å²) < 4.78 is 12.8. The molecule has 0 saturated heterocycles. The first-order valence-electron chi connectivity index (χ1n) is 7.36. The van der Waals surface area contributed by atoms with Gasteiger partial charge in [-0.25, -0.2) is 4.39 Å². The fraction of sp³-hybridized carbons (Fsp3) is 0.500. The topological polar surface area (TPSA) is 84.2 Å². The molecule has 0 aliphatic heterocycles. The summed E-state index contributed by atoms with van der Waals surface area (Å²) in [5.74, 6) is -0.834. The maximum Gasteiger partial charge on any atom is 0.239 e. The van der Waals surface area contributed by atoms with E-state index >= 15 is 0 Å². The van der Waals surface area contributed by atoms with E-state index in [1.54, 1.807) is 12.1 Å². The third-order valence-electron chi connectivity index (χ3n) is 3.49. The van der Waals surface area contributed by atoms with Crippen LogP contribution in [0.25, 0.3) is 0 Å². The summed E-state index contributed by atoms with van der Waals surface area (Å²) in [5, 5.41) is 5.24. The Hall–Kier alpha value is -1.66. The molecule has 0 bridgehead atoms. The highest BCUT2D eigenvalue weighted by atomic mass is 35.5. The van der Waals surface area contributed by atoms with E-state index in [-0.39, 0.29) is 48.4 Å². The summed E-state index contributed by atoms with van der Waals surface area (Å²) in [6.07, 6.45) is 0. The minimum Gasteiger partial charge on any atom is -0.354 e. The van der Waals surface area contributed by atoms with Crippen molar-refractivity contribution < 1.29 is 14.0 Å². The SMILES string of the molecule is CC(CNC(=O)CNC(=O)[C@@H](N)C(C)C)c1ccc(F)cc1.Cl. The fourth-order valence-electron chi connectivity index (χ4n) is 1.83. The molecule has 0 aliphatic carbocycles. The van der Waals surface area contributed by atoms with Crippen LogP contribution in [0.1, 0.15) is 32.3 Å². The molecule has 1 aromatic rings. The van der Waals surface area contributed by atoms with E-state index in [4.69, 9.17) is 5.73 Å². The lowest BCUT2D eigenvalue weighted by Gasteiger charge is -2.16. The van der Waals surface area contributed by atoms with E-state index in [0.29, 0.717) is 6.54 Å². The lowest BCUT2D eigenvalue weighted by atomic mass is 10.0. The van der Waals surface area contributed by atoms with Gasteiger partial charge in [0.2, 0.25) is 11.8 Å². The highest BCUT2D eigenvalue weighted by molar-refractivity contribution is 5.87. The van der Waals surface area contributed by atoms with Crippen molar-refractivity contribution in [1.29, 1.82) is 0 Å². The molecule has 5 nitrogen and oxygen atoms in total. The Labute approximate surface area is 142 Å². The van der Waals surface area contributed by atoms with E-state index in [1.165, 1.54) is 12.1 Å². The van der Waals surface area contributed by atoms with Gasteiger partial charge in [-0.2, -0.15) is 0 Å². The second kappa shape index (κ2) is 10.2. The minimum absolute atomic E-state index is 0. The molecule has 0 saturated carbocycles. The van der Waals surface area contributed by atoms with Gasteiger partial charge in [-0.05, 0) is 29.5 Å². The van der Waals surface area contributed by atoms with Crippen molar-refractivity contribution in [3.8, 4) is 0 Å². The zero-order valence-corrected chi connectivity index (χ0v) is 14.5. The number of hydrogen-bond acceptors (Lipinski definition) is 3. The van der Waals surface area contributed by atoms with Crippen LogP contribution < -0.4 is 16.4 Å². The Balaban J connectivity index is 0.00000484. The third-order valence-corrected chi connectivity index (χ3v) is 3.49. The molecule has 7 heteroatoms. The van der Waals surface area contributed by atoms with Crippen LogP contribution in [-0.4, -0.2) is 30.9 Å². The standard InChI is InChI=1S/C16H24FN3O2.ClH/c1-10(2)15(18)16(22)20-9-14(21)19-8-11(3)12-4-6-13(17)7-5-12;/h4-7,10-11,15H,8-9,18H2,1-3H3,(H,19,21)(H,20,22);1H/t11?,15-;/m0./s1. The Morgan fingerprint density at radius 2 is 1.70 bits per heavy atom. The number of benzene rings is 1. The van der Waals surface area contributed by atoms with Crippen LogP contribution in [0.4, 0.5) is 4.39 Å². The molecule has 2 amide bonds. The van der Waals surface area contributed by atoms with Crippen LogP contribution in [0.2, 0.25) is 0 Å². The van der Waals surface area contributed by atoms with Crippen LogP contribution in [0, 0.1) is 11.7 Å². The van der Waals surface area contributed by atoms with Gasteiger partial charge in [0.1, 0.15) is 5.82 Å². The van der Waals surface area contributed by atoms with Gasteiger partial charge in [-0.3, -0.25) is 9.59 Å². The van der Waals surface area contributed by atoms with E-state index in [0.717, 1.165) is 5.56 Å². The summed E-state index contributed by atoms with van der Waals surface area (Å²) in [6, 6.07) is 5.54. The lowest BCUT2D eigenvalue weighted by molar-refractivity contribution is -0.127. The van der Waals surface area contributed by atoms with E-state index in [1.807, 2.05) is 20.8 Å². The fourth-order valence-corrected chi connectivity index (χ4v) is 1.83. The Morgan fingerprint density at radius 1 is 1.13 bits per heavy atom. The number of hydrogen-bond donors (Lipinski definition) is 3. The zero-order chi connectivity index (χ0) is 16.7. The monoisotopic (exact) mass is 345 g/mol. The second-order valence-corrected chi connectivity index (χ2v) is 5.74. The molecule has 0 fully saturated rings. The molecular weight excluding hydrogens is 321 g/mol. The number of amides is 2. The Morgan fingerprint density at radius 3 is 2.22 bits per heavy atom. The van der Waals surface area contributed by atoms with Crippen LogP contribution in [0.15, 0.2) is 24.3 Å². The first-order valence-corrected chi connectivity index (χ1v) is 7.36. The van der Waals surface area contributed by atoms with Crippen LogP contribution >= 0.6 is 12.4 Å². The van der Waals surface area contributed by atoms with Gasteiger partial charge in [0.15, 0.2) is 0 Å². The molecule has 23 heavy (non-hydrogen) atoms. The molecule has 0 radical (unpaired) electrons. The van der Waals surface area contributed by atoms with Crippen molar-refractivity contribution >= 4 is 24.2 Å². The summed E-state index contributed by atoms with van der Waals surface area (Å²) in [6.45, 7) is 5.93. The average molecular weight is 346 g/mol. The molecule has 0 aliphatic rings. The lowest BCUT2D eigenvalue weighted by Crippen LogP contribution is -2.47. The first kappa shape index (κ1) is 21.3. The predicted octanol–water partition coefficient (Wildman–Crippen LogP) is 1.57. The van der Waals surface area contributed by atoms with Crippen LogP contribution in [0.5, 0.6) is 0 Å². The molecular formula is C16H25ClFN3O2. The molecule has 0 heterocycles. The molecule has 1 rings (SSSR count). The largest absolute Gasteiger partial charge is 0.354 e. The number of rotatable bonds is 7. The van der Waals surface area contributed by atoms with Crippen LogP contribution in [-0.2, 0) is 9.59 Å². The van der Waals surface area contributed by atoms with Gasteiger partial charge in [0, 0.05) is 6.54 Å². The number of carbonyl (C=O) groups excluding carboxylic acids is 2. The van der Waals surface area contributed by atoms with Gasteiger partial charge in [0.25, 0.3) is 0 Å². The highest BCUT2D eigenvalue weighted by Crippen LogP contribution is 2.14. The number of nitrogens with two attached hydrogens (primary N) is 1. The molecule has 4 N–H and O–H groups in total. The minimum atomic E-state index is -0.620. The molecule has 130 valence electrons. The molecule has 1 aromatic carbocycles. The number of carbonyl (C=O) groups is 2. The zero-order valence-electron chi connectivity index (χ0n) is 13.6. The Bertz CT molecular complexity index is 509. The molecule has 0 spiro atoms. The van der Waals surface area contributed by atoms with Crippen molar-refractivity contribution in [2.45, 2.75) is 32.7 Å². The first-order chi connectivity index (χ1) is 10.3. The highest BCUT2D eigenvalue weighted by Gasteiger charge is 2.17. The third kappa shape index (κ3) is 7.43. The van der Waals surface area contributed by atoms with Gasteiger partial charge in [-0.1, -0.05) is 32.9 Å². The van der Waals surface area contributed by atoms with Gasteiger partial charge in [0.05, 0.1) is 12.6 Å². The quantitative estimate of drug-likeness (QED) is 0.701. The molecule has 1 unspecified atom stereocenters. The van der Waals surface area contributed by atoms with E-state index in [9.17, 15) is 14.0 Å². The van der Waals surface area contributed by atoms with E-state index in [2.05, 4.69) is 10.6 Å². The van der Waals surface area contributed by atoms with Gasteiger partial charge >= 0.3 is 0 Å². The second-order valence-electron chi connectivity index (χ2n) is 5.74. The normalized spacial score (nSPS) is 13.0. The smallest absolute Gasteiger partial charge is 0.239 e. The summed E-state index contributed by atoms with van der Waals surface area (Å²) in [7, 11) is 0. The molecule has 2 atom stereocenters. The summed E-state index contributed by atoms with van der Waals surface area (Å²) in [4.78, 5) is 23.3. The summed E-state index contributed by atoms with van der Waals surface area (Å²) >= 11 is 0. The van der Waals surface area contributed by atoms with Crippen molar-refractivity contribution in [2.75, 3.05) is 13.1 Å². The number of halogens is 2. The van der Waals surface area contributed by atoms with Crippen molar-refractivity contribution in [3.63, 3.8) is 0 Å². The average Bonchev–Trinajstić information content (AvgIpc) is 2.49. The Kier molecular flexibility index (Phi) is 9.44. The van der Waals surface area contributed by atoms with Crippen molar-refractivity contribution in [1.82, 2.24) is 10.6 Å². The predicted molar refractivity (Wildman–Crippen MR) is 90.9 cm³/mol. The maximum atomic E-state index is 12.8. The van der Waals surface area contributed by atoms with Crippen molar-refractivity contribution in [3.05, 3.63) is 35.6 Å². The van der Waals surface area contributed by atoms with Crippen LogP contribution in [0.3, 0.4) is 0 Å². The molecule has 0 aromatic heterocycles. The maximum absolute atomic E-state index is 12.8. The van der Waals surface area contributed by atoms with E-state index < -0.39 is 6.04 Å². The van der Waals surface area contributed by atoms with Gasteiger partial charge in [-0.15, -0.1) is 12.4 Å². The van der Waals surface area contributed by atoms with Crippen molar-refractivity contribution in [2.24, 2.45) is 11.7 Å².